The molecule has 6 nitrogen and oxygen atoms in total. The fourth-order valence-electron chi connectivity index (χ4n) is 3.38. The molecule has 7 heteroatoms. The molecule has 0 unspecified atom stereocenters. The molecule has 1 aromatic carbocycles. The number of oxazole rings is 1. The van der Waals surface area contributed by atoms with Gasteiger partial charge in [0.2, 0.25) is 11.8 Å². The van der Waals surface area contributed by atoms with E-state index in [1.165, 1.54) is 11.3 Å². The third kappa shape index (κ3) is 3.54. The van der Waals surface area contributed by atoms with Crippen LogP contribution in [0.1, 0.15) is 49.2 Å². The Morgan fingerprint density at radius 3 is 2.82 bits per heavy atom. The molecule has 1 atom stereocenters. The highest BCUT2D eigenvalue weighted by molar-refractivity contribution is 7.12. The van der Waals surface area contributed by atoms with Gasteiger partial charge in [0.05, 0.1) is 4.88 Å². The number of carbonyl (C=O) groups is 2. The van der Waals surface area contributed by atoms with Gasteiger partial charge in [0, 0.05) is 17.6 Å². The van der Waals surface area contributed by atoms with Crippen molar-refractivity contribution >= 4 is 39.9 Å². The predicted molar refractivity (Wildman–Crippen MR) is 110 cm³/mol. The number of rotatable bonds is 3. The summed E-state index contributed by atoms with van der Waals surface area (Å²) in [6.45, 7) is 6.73. The summed E-state index contributed by atoms with van der Waals surface area (Å²) in [5.74, 6) is 0.421. The van der Waals surface area contributed by atoms with Crippen LogP contribution in [0.15, 0.2) is 40.1 Å². The third-order valence-corrected chi connectivity index (χ3v) is 5.70. The van der Waals surface area contributed by atoms with Crippen LogP contribution < -0.4 is 5.32 Å². The summed E-state index contributed by atoms with van der Waals surface area (Å²) in [5, 5.41) is 4.82. The number of anilines is 1. The van der Waals surface area contributed by atoms with Crippen molar-refractivity contribution in [3.63, 3.8) is 0 Å². The number of nitrogens with one attached hydrogen (secondary N) is 1. The lowest BCUT2D eigenvalue weighted by Gasteiger charge is -2.23. The average molecular weight is 398 g/mol. The molecule has 3 aromatic rings. The van der Waals surface area contributed by atoms with Crippen molar-refractivity contribution in [2.45, 2.75) is 45.1 Å². The zero-order chi connectivity index (χ0) is 19.9. The van der Waals surface area contributed by atoms with Crippen molar-refractivity contribution < 1.29 is 14.0 Å². The summed E-state index contributed by atoms with van der Waals surface area (Å²) >= 11 is 1.40. The standard InChI is InChI=1S/C21H23N3O3S/c1-21(2,3)20-23-14-12-13(8-9-16(14)27-20)22-18(25)15-6-4-10-24(15)19(26)17-7-5-11-28-17/h5,7-9,11-12,15H,4,6,10H2,1-3H3,(H,22,25)/t15-/m0/s1. The molecule has 1 N–H and O–H groups in total. The van der Waals surface area contributed by atoms with Gasteiger partial charge in [-0.2, -0.15) is 0 Å². The van der Waals surface area contributed by atoms with Crippen molar-refractivity contribution in [1.29, 1.82) is 0 Å². The van der Waals surface area contributed by atoms with Crippen LogP contribution >= 0.6 is 11.3 Å². The van der Waals surface area contributed by atoms with Gasteiger partial charge in [0.15, 0.2) is 5.58 Å². The van der Waals surface area contributed by atoms with Crippen molar-refractivity contribution in [1.82, 2.24) is 9.88 Å². The SMILES string of the molecule is CC(C)(C)c1nc2cc(NC(=O)[C@@H]3CCCN3C(=O)c3cccs3)ccc2o1. The first-order valence-corrected chi connectivity index (χ1v) is 10.3. The highest BCUT2D eigenvalue weighted by Crippen LogP contribution is 2.28. The molecule has 0 bridgehead atoms. The lowest BCUT2D eigenvalue weighted by molar-refractivity contribution is -0.119. The number of hydrogen-bond acceptors (Lipinski definition) is 5. The maximum Gasteiger partial charge on any atom is 0.264 e. The van der Waals surface area contributed by atoms with E-state index >= 15 is 0 Å². The molecule has 2 amide bonds. The highest BCUT2D eigenvalue weighted by atomic mass is 32.1. The second-order valence-corrected chi connectivity index (χ2v) is 9.02. The van der Waals surface area contributed by atoms with E-state index in [-0.39, 0.29) is 17.2 Å². The second-order valence-electron chi connectivity index (χ2n) is 8.07. The van der Waals surface area contributed by atoms with Crippen molar-refractivity contribution in [3.8, 4) is 0 Å². The maximum absolute atomic E-state index is 12.9. The average Bonchev–Trinajstić information content (AvgIpc) is 3.38. The fraction of sp³-hybridized carbons (Fsp3) is 0.381. The molecule has 0 saturated carbocycles. The van der Waals surface area contributed by atoms with Gasteiger partial charge >= 0.3 is 0 Å². The molecule has 1 aliphatic heterocycles. The van der Waals surface area contributed by atoms with Gasteiger partial charge in [-0.1, -0.05) is 26.8 Å². The Kier molecular flexibility index (Phi) is 4.71. The Balaban J connectivity index is 1.52. The van der Waals surface area contributed by atoms with E-state index in [0.717, 1.165) is 6.42 Å². The van der Waals surface area contributed by atoms with E-state index in [9.17, 15) is 9.59 Å². The molecule has 3 heterocycles. The molecule has 0 spiro atoms. The Morgan fingerprint density at radius 1 is 1.29 bits per heavy atom. The third-order valence-electron chi connectivity index (χ3n) is 4.84. The quantitative estimate of drug-likeness (QED) is 0.709. The van der Waals surface area contributed by atoms with Crippen molar-refractivity contribution in [2.24, 2.45) is 0 Å². The number of hydrogen-bond donors (Lipinski definition) is 1. The van der Waals surface area contributed by atoms with Gasteiger partial charge < -0.3 is 14.6 Å². The van der Waals surface area contributed by atoms with Crippen LogP contribution in [0, 0.1) is 0 Å². The molecule has 28 heavy (non-hydrogen) atoms. The Hall–Kier alpha value is -2.67. The van der Waals surface area contributed by atoms with E-state index in [0.29, 0.717) is 40.5 Å². The Bertz CT molecular complexity index is 1020. The van der Waals surface area contributed by atoms with Crippen LogP contribution in [0.5, 0.6) is 0 Å². The first kappa shape index (κ1) is 18.7. The number of amides is 2. The van der Waals surface area contributed by atoms with Crippen LogP contribution in [0.25, 0.3) is 11.1 Å². The van der Waals surface area contributed by atoms with E-state index in [2.05, 4.69) is 10.3 Å². The number of carbonyl (C=O) groups excluding carboxylic acids is 2. The zero-order valence-electron chi connectivity index (χ0n) is 16.2. The van der Waals surface area contributed by atoms with Crippen LogP contribution in [-0.4, -0.2) is 34.3 Å². The van der Waals surface area contributed by atoms with Gasteiger partial charge in [-0.05, 0) is 42.5 Å². The van der Waals surface area contributed by atoms with Crippen LogP contribution in [0.4, 0.5) is 5.69 Å². The number of likely N-dealkylation sites (tertiary alicyclic amines) is 1. The minimum atomic E-state index is -0.451. The first-order chi connectivity index (χ1) is 13.3. The van der Waals surface area contributed by atoms with Gasteiger partial charge in [-0.3, -0.25) is 9.59 Å². The number of fused-ring (bicyclic) bond motifs is 1. The van der Waals surface area contributed by atoms with Gasteiger partial charge in [0.25, 0.3) is 5.91 Å². The van der Waals surface area contributed by atoms with Gasteiger partial charge in [-0.15, -0.1) is 11.3 Å². The highest BCUT2D eigenvalue weighted by Gasteiger charge is 2.35. The zero-order valence-corrected chi connectivity index (χ0v) is 17.0. The molecule has 1 saturated heterocycles. The molecule has 4 rings (SSSR count). The predicted octanol–water partition coefficient (Wildman–Crippen LogP) is 4.43. The molecule has 1 fully saturated rings. The summed E-state index contributed by atoms with van der Waals surface area (Å²) in [6.07, 6.45) is 1.50. The van der Waals surface area contributed by atoms with Crippen LogP contribution in [0.2, 0.25) is 0 Å². The number of thiophene rings is 1. The topological polar surface area (TPSA) is 75.4 Å². The molecule has 1 aliphatic rings. The minimum Gasteiger partial charge on any atom is -0.440 e. The normalized spacial score (nSPS) is 17.2. The van der Waals surface area contributed by atoms with E-state index in [1.54, 1.807) is 17.0 Å². The second kappa shape index (κ2) is 7.05. The number of nitrogens with zero attached hydrogens (tertiary/aromatic N) is 2. The molecule has 0 radical (unpaired) electrons. The first-order valence-electron chi connectivity index (χ1n) is 9.39. The smallest absolute Gasteiger partial charge is 0.264 e. The largest absolute Gasteiger partial charge is 0.440 e. The molecule has 146 valence electrons. The lowest BCUT2D eigenvalue weighted by Crippen LogP contribution is -2.42. The molecular formula is C21H23N3O3S. The van der Waals surface area contributed by atoms with Gasteiger partial charge in [-0.25, -0.2) is 4.98 Å². The van der Waals surface area contributed by atoms with Crippen LogP contribution in [0.3, 0.4) is 0 Å². The summed E-state index contributed by atoms with van der Waals surface area (Å²) in [7, 11) is 0. The Morgan fingerprint density at radius 2 is 2.11 bits per heavy atom. The van der Waals surface area contributed by atoms with E-state index in [4.69, 9.17) is 4.42 Å². The molecule has 2 aromatic heterocycles. The van der Waals surface area contributed by atoms with Crippen molar-refractivity contribution in [2.75, 3.05) is 11.9 Å². The maximum atomic E-state index is 12.9. The summed E-state index contributed by atoms with van der Waals surface area (Å²) < 4.78 is 5.81. The Labute approximate surface area is 167 Å². The van der Waals surface area contributed by atoms with Crippen molar-refractivity contribution in [3.05, 3.63) is 46.5 Å². The van der Waals surface area contributed by atoms with E-state index < -0.39 is 6.04 Å². The molecular weight excluding hydrogens is 374 g/mol. The van der Waals surface area contributed by atoms with Crippen LogP contribution in [-0.2, 0) is 10.2 Å². The number of aromatic nitrogens is 1. The summed E-state index contributed by atoms with van der Waals surface area (Å²) in [5.41, 5.74) is 1.87. The fourth-order valence-corrected chi connectivity index (χ4v) is 4.05. The van der Waals surface area contributed by atoms with Gasteiger partial charge in [0.1, 0.15) is 11.6 Å². The number of benzene rings is 1. The van der Waals surface area contributed by atoms with E-state index in [1.807, 2.05) is 44.4 Å². The summed E-state index contributed by atoms with van der Waals surface area (Å²) in [6, 6.07) is 8.63. The molecule has 0 aliphatic carbocycles. The monoisotopic (exact) mass is 397 g/mol. The lowest BCUT2D eigenvalue weighted by atomic mass is 9.97. The summed E-state index contributed by atoms with van der Waals surface area (Å²) in [4.78, 5) is 32.4. The minimum absolute atomic E-state index is 0.0746.